The van der Waals surface area contributed by atoms with Gasteiger partial charge in [-0.15, -0.1) is 0 Å². The lowest BCUT2D eigenvalue weighted by Crippen LogP contribution is -2.00. The number of benzene rings is 1. The Morgan fingerprint density at radius 1 is 1.29 bits per heavy atom. The second-order valence-corrected chi connectivity index (χ2v) is 3.01. The predicted molar refractivity (Wildman–Crippen MR) is 51.2 cm³/mol. The molecule has 0 atom stereocenters. The van der Waals surface area contributed by atoms with Crippen LogP contribution >= 0.6 is 0 Å². The van der Waals surface area contributed by atoms with Crippen molar-refractivity contribution < 1.29 is 20.1 Å². The van der Waals surface area contributed by atoms with E-state index in [1.165, 1.54) is 13.2 Å². The van der Waals surface area contributed by atoms with Crippen LogP contribution in [0.1, 0.15) is 16.7 Å². The molecule has 78 valence electrons. The van der Waals surface area contributed by atoms with Crippen LogP contribution in [-0.4, -0.2) is 22.4 Å². The van der Waals surface area contributed by atoms with Gasteiger partial charge in [0.15, 0.2) is 0 Å². The number of ether oxygens (including phenoxy) is 1. The molecule has 4 heteroatoms. The van der Waals surface area contributed by atoms with Crippen molar-refractivity contribution in [2.24, 2.45) is 0 Å². The van der Waals surface area contributed by atoms with Crippen LogP contribution < -0.4 is 4.74 Å². The van der Waals surface area contributed by atoms with Crippen molar-refractivity contribution in [1.29, 1.82) is 0 Å². The minimum absolute atomic E-state index is 0.0584. The SMILES string of the molecule is COc1c(C)c(O)cc(CO)c1CO. The van der Waals surface area contributed by atoms with Crippen molar-refractivity contribution in [3.8, 4) is 11.5 Å². The second kappa shape index (κ2) is 4.30. The van der Waals surface area contributed by atoms with Gasteiger partial charge in [-0.25, -0.2) is 0 Å². The lowest BCUT2D eigenvalue weighted by molar-refractivity contribution is 0.252. The molecule has 0 aromatic heterocycles. The molecule has 0 aliphatic rings. The molecule has 1 rings (SSSR count). The Morgan fingerprint density at radius 3 is 2.36 bits per heavy atom. The molecular formula is C10H14O4. The molecule has 0 heterocycles. The van der Waals surface area contributed by atoms with E-state index in [1.807, 2.05) is 0 Å². The van der Waals surface area contributed by atoms with Gasteiger partial charge in [0.2, 0.25) is 0 Å². The highest BCUT2D eigenvalue weighted by Gasteiger charge is 2.14. The third-order valence-corrected chi connectivity index (χ3v) is 2.23. The molecule has 0 bridgehead atoms. The van der Waals surface area contributed by atoms with Crippen molar-refractivity contribution in [2.45, 2.75) is 20.1 Å². The highest BCUT2D eigenvalue weighted by atomic mass is 16.5. The van der Waals surface area contributed by atoms with E-state index in [9.17, 15) is 5.11 Å². The van der Waals surface area contributed by atoms with E-state index in [-0.39, 0.29) is 19.0 Å². The number of hydrogen-bond donors (Lipinski definition) is 3. The summed E-state index contributed by atoms with van der Waals surface area (Å²) in [5.74, 6) is 0.486. The summed E-state index contributed by atoms with van der Waals surface area (Å²) in [6.45, 7) is 1.23. The molecule has 0 saturated heterocycles. The van der Waals surface area contributed by atoms with Crippen LogP contribution in [0.15, 0.2) is 6.07 Å². The summed E-state index contributed by atoms with van der Waals surface area (Å²) in [4.78, 5) is 0. The number of phenolic OH excluding ortho intramolecular Hbond substituents is 1. The monoisotopic (exact) mass is 198 g/mol. The third-order valence-electron chi connectivity index (χ3n) is 2.23. The molecule has 1 aromatic carbocycles. The lowest BCUT2D eigenvalue weighted by Gasteiger charge is -2.14. The fourth-order valence-electron chi connectivity index (χ4n) is 1.44. The Morgan fingerprint density at radius 2 is 1.93 bits per heavy atom. The molecule has 0 fully saturated rings. The summed E-state index contributed by atoms with van der Waals surface area (Å²) in [7, 11) is 1.46. The van der Waals surface area contributed by atoms with Crippen LogP contribution in [0.25, 0.3) is 0 Å². The van der Waals surface area contributed by atoms with E-state index in [2.05, 4.69) is 0 Å². The first kappa shape index (κ1) is 10.8. The van der Waals surface area contributed by atoms with E-state index in [4.69, 9.17) is 14.9 Å². The minimum atomic E-state index is -0.236. The number of aromatic hydroxyl groups is 1. The van der Waals surface area contributed by atoms with Crippen LogP contribution in [0.5, 0.6) is 11.5 Å². The molecule has 14 heavy (non-hydrogen) atoms. The quantitative estimate of drug-likeness (QED) is 0.668. The molecule has 0 aliphatic heterocycles. The molecule has 0 aliphatic carbocycles. The first-order valence-corrected chi connectivity index (χ1v) is 4.25. The molecule has 0 spiro atoms. The van der Waals surface area contributed by atoms with Crippen LogP contribution in [0.2, 0.25) is 0 Å². The molecule has 0 radical (unpaired) electrons. The molecule has 0 unspecified atom stereocenters. The molecular weight excluding hydrogens is 184 g/mol. The van der Waals surface area contributed by atoms with E-state index in [1.54, 1.807) is 6.92 Å². The largest absolute Gasteiger partial charge is 0.508 e. The third kappa shape index (κ3) is 1.66. The first-order chi connectivity index (χ1) is 6.65. The van der Waals surface area contributed by atoms with Crippen molar-refractivity contribution in [1.82, 2.24) is 0 Å². The Hall–Kier alpha value is -1.26. The van der Waals surface area contributed by atoms with Crippen molar-refractivity contribution in [3.05, 3.63) is 22.8 Å². The standard InChI is InChI=1S/C10H14O4/c1-6-9(13)3-7(4-11)8(5-12)10(6)14-2/h3,11-13H,4-5H2,1-2H3. The summed E-state index contributed by atoms with van der Waals surface area (Å²) in [6, 6.07) is 1.43. The maximum absolute atomic E-state index is 9.49. The van der Waals surface area contributed by atoms with Gasteiger partial charge in [-0.3, -0.25) is 0 Å². The highest BCUT2D eigenvalue weighted by Crippen LogP contribution is 2.33. The smallest absolute Gasteiger partial charge is 0.131 e. The molecule has 1 aromatic rings. The summed E-state index contributed by atoms with van der Waals surface area (Å²) in [5.41, 5.74) is 1.56. The van der Waals surface area contributed by atoms with Crippen LogP contribution in [0.4, 0.5) is 0 Å². The van der Waals surface area contributed by atoms with Gasteiger partial charge in [-0.05, 0) is 18.6 Å². The Balaban J connectivity index is 3.42. The fraction of sp³-hybridized carbons (Fsp3) is 0.400. The first-order valence-electron chi connectivity index (χ1n) is 4.25. The van der Waals surface area contributed by atoms with Crippen molar-refractivity contribution in [2.75, 3.05) is 7.11 Å². The topological polar surface area (TPSA) is 69.9 Å². The number of aliphatic hydroxyl groups excluding tert-OH is 2. The summed E-state index contributed by atoms with van der Waals surface area (Å²) < 4.78 is 5.06. The molecule has 0 saturated carbocycles. The fourth-order valence-corrected chi connectivity index (χ4v) is 1.44. The number of phenols is 1. The molecule has 3 N–H and O–H groups in total. The normalized spacial score (nSPS) is 10.3. The van der Waals surface area contributed by atoms with Gasteiger partial charge in [0.05, 0.1) is 20.3 Å². The maximum Gasteiger partial charge on any atom is 0.131 e. The highest BCUT2D eigenvalue weighted by molar-refractivity contribution is 5.52. The van der Waals surface area contributed by atoms with Crippen LogP contribution in [-0.2, 0) is 13.2 Å². The maximum atomic E-state index is 9.49. The second-order valence-electron chi connectivity index (χ2n) is 3.01. The summed E-state index contributed by atoms with van der Waals surface area (Å²) in [5, 5.41) is 27.6. The average Bonchev–Trinajstić information content (AvgIpc) is 2.20. The van der Waals surface area contributed by atoms with Gasteiger partial charge in [-0.2, -0.15) is 0 Å². The Kier molecular flexibility index (Phi) is 3.33. The van der Waals surface area contributed by atoms with Crippen LogP contribution in [0, 0.1) is 6.92 Å². The number of rotatable bonds is 3. The Labute approximate surface area is 82.4 Å². The molecule has 4 nitrogen and oxygen atoms in total. The zero-order valence-electron chi connectivity index (χ0n) is 8.24. The van der Waals surface area contributed by atoms with E-state index in [0.717, 1.165) is 0 Å². The summed E-state index contributed by atoms with van der Waals surface area (Å²) in [6.07, 6.45) is 0. The number of methoxy groups -OCH3 is 1. The van der Waals surface area contributed by atoms with Crippen LogP contribution in [0.3, 0.4) is 0 Å². The number of aliphatic hydroxyl groups is 2. The van der Waals surface area contributed by atoms with Gasteiger partial charge in [0.1, 0.15) is 11.5 Å². The van der Waals surface area contributed by atoms with E-state index >= 15 is 0 Å². The van der Waals surface area contributed by atoms with Gasteiger partial charge >= 0.3 is 0 Å². The van der Waals surface area contributed by atoms with Crippen molar-refractivity contribution >= 4 is 0 Å². The zero-order valence-corrected chi connectivity index (χ0v) is 8.24. The van der Waals surface area contributed by atoms with Gasteiger partial charge in [0.25, 0.3) is 0 Å². The van der Waals surface area contributed by atoms with E-state index in [0.29, 0.717) is 22.4 Å². The average molecular weight is 198 g/mol. The van der Waals surface area contributed by atoms with Gasteiger partial charge in [0, 0.05) is 11.1 Å². The van der Waals surface area contributed by atoms with E-state index < -0.39 is 0 Å². The zero-order chi connectivity index (χ0) is 10.7. The minimum Gasteiger partial charge on any atom is -0.508 e. The predicted octanol–water partition coefficient (Wildman–Crippen LogP) is 0.694. The molecule has 0 amide bonds. The summed E-state index contributed by atoms with van der Waals surface area (Å²) >= 11 is 0. The van der Waals surface area contributed by atoms with Gasteiger partial charge in [-0.1, -0.05) is 0 Å². The lowest BCUT2D eigenvalue weighted by atomic mass is 10.0. The van der Waals surface area contributed by atoms with Gasteiger partial charge < -0.3 is 20.1 Å². The Bertz CT molecular complexity index is 333. The number of hydrogen-bond acceptors (Lipinski definition) is 4. The van der Waals surface area contributed by atoms with Crippen molar-refractivity contribution in [3.63, 3.8) is 0 Å².